The number of carbonyl (C=O) groups is 1. The highest BCUT2D eigenvalue weighted by Gasteiger charge is 2.29. The van der Waals surface area contributed by atoms with Crippen LogP contribution in [0.25, 0.3) is 0 Å². The van der Waals surface area contributed by atoms with Gasteiger partial charge in [0.2, 0.25) is 5.91 Å². The number of piperazine rings is 1. The fourth-order valence-electron chi connectivity index (χ4n) is 4.63. The van der Waals surface area contributed by atoms with Gasteiger partial charge in [-0.1, -0.05) is 18.2 Å². The van der Waals surface area contributed by atoms with E-state index in [0.29, 0.717) is 31.1 Å². The monoisotopic (exact) mass is 429 g/mol. The number of methoxy groups -OCH3 is 1. The van der Waals surface area contributed by atoms with Crippen LogP contribution in [0.3, 0.4) is 0 Å². The van der Waals surface area contributed by atoms with Crippen molar-refractivity contribution in [2.45, 2.75) is 31.8 Å². The van der Waals surface area contributed by atoms with Crippen molar-refractivity contribution in [3.63, 3.8) is 0 Å². The molecule has 2 heterocycles. The molecule has 2 aromatic rings. The number of rotatable bonds is 5. The van der Waals surface area contributed by atoms with Crippen molar-refractivity contribution in [1.29, 1.82) is 0 Å². The van der Waals surface area contributed by atoms with E-state index in [-0.39, 0.29) is 5.91 Å². The van der Waals surface area contributed by atoms with Crippen molar-refractivity contribution < 1.29 is 18.3 Å². The summed E-state index contributed by atoms with van der Waals surface area (Å²) in [5.41, 5.74) is 1.74. The van der Waals surface area contributed by atoms with Crippen molar-refractivity contribution >= 4 is 11.6 Å². The highest BCUT2D eigenvalue weighted by atomic mass is 19.2. The fraction of sp³-hybridized carbons (Fsp3) is 0.458. The summed E-state index contributed by atoms with van der Waals surface area (Å²) in [6.45, 7) is 4.69. The molecule has 4 rings (SSSR count). The maximum absolute atomic E-state index is 13.5. The smallest absolute Gasteiger partial charge is 0.222 e. The lowest BCUT2D eigenvalue weighted by molar-refractivity contribution is -0.131. The minimum atomic E-state index is -0.870. The first kappa shape index (κ1) is 21.6. The molecule has 2 saturated heterocycles. The van der Waals surface area contributed by atoms with Crippen LogP contribution in [-0.4, -0.2) is 61.6 Å². The van der Waals surface area contributed by atoms with Gasteiger partial charge >= 0.3 is 0 Å². The molecule has 31 heavy (non-hydrogen) atoms. The van der Waals surface area contributed by atoms with Gasteiger partial charge in [0.1, 0.15) is 5.75 Å². The number of para-hydroxylation sites is 2. The molecule has 0 saturated carbocycles. The highest BCUT2D eigenvalue weighted by molar-refractivity contribution is 5.76. The molecule has 2 aromatic carbocycles. The van der Waals surface area contributed by atoms with Crippen LogP contribution in [0.1, 0.15) is 24.8 Å². The highest BCUT2D eigenvalue weighted by Crippen LogP contribution is 2.29. The second-order valence-electron chi connectivity index (χ2n) is 8.24. The molecule has 0 N–H and O–H groups in total. The molecule has 7 heteroatoms. The van der Waals surface area contributed by atoms with E-state index in [1.54, 1.807) is 18.1 Å². The van der Waals surface area contributed by atoms with Gasteiger partial charge in [-0.3, -0.25) is 9.69 Å². The summed E-state index contributed by atoms with van der Waals surface area (Å²) in [5, 5.41) is 0. The summed E-state index contributed by atoms with van der Waals surface area (Å²) in [7, 11) is 1.70. The zero-order chi connectivity index (χ0) is 21.8. The number of hydrogen-bond acceptors (Lipinski definition) is 4. The van der Waals surface area contributed by atoms with E-state index in [4.69, 9.17) is 4.74 Å². The van der Waals surface area contributed by atoms with Gasteiger partial charge in [-0.05, 0) is 42.7 Å². The predicted octanol–water partition coefficient (Wildman–Crippen LogP) is 3.68. The van der Waals surface area contributed by atoms with Crippen LogP contribution in [0.5, 0.6) is 5.75 Å². The maximum Gasteiger partial charge on any atom is 0.222 e. The number of halogens is 2. The molecule has 166 valence electrons. The third-order valence-electron chi connectivity index (χ3n) is 6.39. The normalized spacial score (nSPS) is 20.6. The topological polar surface area (TPSA) is 36.0 Å². The number of hydrogen-bond donors (Lipinski definition) is 0. The summed E-state index contributed by atoms with van der Waals surface area (Å²) in [6.07, 6.45) is 2.22. The standard InChI is InChI=1S/C24H29F2N3O2/c1-31-23-5-3-2-4-22(23)28-14-12-27(13-15-28)19-7-9-24(30)29(11-10-19)17-18-6-8-20(25)21(26)16-18/h2-6,8,16,19H,7,9-15,17H2,1H3. The van der Waals surface area contributed by atoms with Crippen molar-refractivity contribution in [2.24, 2.45) is 0 Å². The second-order valence-corrected chi connectivity index (χ2v) is 8.24. The third-order valence-corrected chi connectivity index (χ3v) is 6.39. The Kier molecular flexibility index (Phi) is 6.70. The Morgan fingerprint density at radius 1 is 0.968 bits per heavy atom. The van der Waals surface area contributed by atoms with Gasteiger partial charge in [0, 0.05) is 51.7 Å². The molecular formula is C24H29F2N3O2. The quantitative estimate of drug-likeness (QED) is 0.727. The Morgan fingerprint density at radius 2 is 1.74 bits per heavy atom. The molecule has 5 nitrogen and oxygen atoms in total. The predicted molar refractivity (Wildman–Crippen MR) is 116 cm³/mol. The van der Waals surface area contributed by atoms with Crippen LogP contribution in [0.4, 0.5) is 14.5 Å². The summed E-state index contributed by atoms with van der Waals surface area (Å²) in [4.78, 5) is 19.2. The molecule has 2 aliphatic heterocycles. The van der Waals surface area contributed by atoms with Crippen LogP contribution in [0.2, 0.25) is 0 Å². The summed E-state index contributed by atoms with van der Waals surface area (Å²) in [5.74, 6) is -0.757. The number of amides is 1. The molecule has 2 fully saturated rings. The average Bonchev–Trinajstić information content (AvgIpc) is 2.98. The largest absolute Gasteiger partial charge is 0.495 e. The van der Waals surface area contributed by atoms with Crippen LogP contribution < -0.4 is 9.64 Å². The zero-order valence-corrected chi connectivity index (χ0v) is 17.9. The summed E-state index contributed by atoms with van der Waals surface area (Å²) >= 11 is 0. The minimum absolute atomic E-state index is 0.0832. The van der Waals surface area contributed by atoms with Gasteiger partial charge < -0.3 is 14.5 Å². The molecule has 0 bridgehead atoms. The van der Waals surface area contributed by atoms with Crippen molar-refractivity contribution in [3.05, 3.63) is 59.7 Å². The van der Waals surface area contributed by atoms with Crippen molar-refractivity contribution in [1.82, 2.24) is 9.80 Å². The molecule has 1 atom stereocenters. The third kappa shape index (κ3) is 4.98. The number of benzene rings is 2. The van der Waals surface area contributed by atoms with E-state index in [0.717, 1.165) is 56.5 Å². The van der Waals surface area contributed by atoms with Crippen LogP contribution in [-0.2, 0) is 11.3 Å². The minimum Gasteiger partial charge on any atom is -0.495 e. The Morgan fingerprint density at radius 3 is 2.48 bits per heavy atom. The first-order chi connectivity index (χ1) is 15.0. The van der Waals surface area contributed by atoms with Crippen LogP contribution >= 0.6 is 0 Å². The van der Waals surface area contributed by atoms with Gasteiger partial charge in [0.05, 0.1) is 12.8 Å². The van der Waals surface area contributed by atoms with Crippen molar-refractivity contribution in [2.75, 3.05) is 44.7 Å². The van der Waals surface area contributed by atoms with E-state index >= 15 is 0 Å². The van der Waals surface area contributed by atoms with Crippen LogP contribution in [0.15, 0.2) is 42.5 Å². The Hall–Kier alpha value is -2.67. The summed E-state index contributed by atoms with van der Waals surface area (Å²) in [6, 6.07) is 12.3. The molecule has 1 amide bonds. The van der Waals surface area contributed by atoms with Gasteiger partial charge in [0.25, 0.3) is 0 Å². The van der Waals surface area contributed by atoms with E-state index in [1.165, 1.54) is 6.07 Å². The van der Waals surface area contributed by atoms with Gasteiger partial charge in [-0.15, -0.1) is 0 Å². The first-order valence-electron chi connectivity index (χ1n) is 10.9. The average molecular weight is 430 g/mol. The molecule has 0 aromatic heterocycles. The summed E-state index contributed by atoms with van der Waals surface area (Å²) < 4.78 is 32.2. The SMILES string of the molecule is COc1ccccc1N1CCN(C2CCC(=O)N(Cc3ccc(F)c(F)c3)CC2)CC1. The molecule has 0 aliphatic carbocycles. The van der Waals surface area contributed by atoms with Gasteiger partial charge in [-0.2, -0.15) is 0 Å². The van der Waals surface area contributed by atoms with Gasteiger partial charge in [-0.25, -0.2) is 8.78 Å². The van der Waals surface area contributed by atoms with E-state index < -0.39 is 11.6 Å². The van der Waals surface area contributed by atoms with E-state index in [1.807, 2.05) is 18.2 Å². The second kappa shape index (κ2) is 9.64. The molecular weight excluding hydrogens is 400 g/mol. The molecule has 1 unspecified atom stereocenters. The molecule has 2 aliphatic rings. The van der Waals surface area contributed by atoms with Crippen LogP contribution in [0, 0.1) is 11.6 Å². The number of nitrogens with zero attached hydrogens (tertiary/aromatic N) is 3. The zero-order valence-electron chi connectivity index (χ0n) is 17.9. The Balaban J connectivity index is 1.33. The Labute approximate surface area is 182 Å². The number of likely N-dealkylation sites (tertiary alicyclic amines) is 1. The lowest BCUT2D eigenvalue weighted by Crippen LogP contribution is -2.50. The lowest BCUT2D eigenvalue weighted by atomic mass is 10.1. The van der Waals surface area contributed by atoms with Gasteiger partial charge in [0.15, 0.2) is 11.6 Å². The van der Waals surface area contributed by atoms with Crippen molar-refractivity contribution in [3.8, 4) is 5.75 Å². The lowest BCUT2D eigenvalue weighted by Gasteiger charge is -2.40. The Bertz CT molecular complexity index is 915. The number of carbonyl (C=O) groups excluding carboxylic acids is 1. The molecule has 0 spiro atoms. The van der Waals surface area contributed by atoms with E-state index in [2.05, 4.69) is 15.9 Å². The fourth-order valence-corrected chi connectivity index (χ4v) is 4.63. The number of anilines is 1. The maximum atomic E-state index is 13.5. The first-order valence-corrected chi connectivity index (χ1v) is 10.9. The van der Waals surface area contributed by atoms with E-state index in [9.17, 15) is 13.6 Å². The molecule has 0 radical (unpaired) electrons. The number of ether oxygens (including phenoxy) is 1.